The quantitative estimate of drug-likeness (QED) is 0.868. The minimum atomic E-state index is -1.48. The number of nitrogens with zero attached hydrogens (tertiary/aromatic N) is 2. The summed E-state index contributed by atoms with van der Waals surface area (Å²) < 4.78 is 39.5. The van der Waals surface area contributed by atoms with E-state index in [4.69, 9.17) is 0 Å². The average molecular weight is 281 g/mol. The molecule has 0 unspecified atom stereocenters. The van der Waals surface area contributed by atoms with Gasteiger partial charge in [0.05, 0.1) is 5.69 Å². The van der Waals surface area contributed by atoms with Gasteiger partial charge in [0.1, 0.15) is 11.6 Å². The van der Waals surface area contributed by atoms with E-state index < -0.39 is 17.5 Å². The molecule has 0 aliphatic heterocycles. The number of halogens is 3. The van der Waals surface area contributed by atoms with Crippen molar-refractivity contribution < 1.29 is 13.2 Å². The zero-order valence-electron chi connectivity index (χ0n) is 11.2. The average Bonchev–Trinajstić information content (AvgIpc) is 2.41. The summed E-state index contributed by atoms with van der Waals surface area (Å²) in [5, 5.41) is 3.07. The smallest absolute Gasteiger partial charge is 0.194 e. The lowest BCUT2D eigenvalue weighted by Crippen LogP contribution is -2.04. The molecule has 0 fully saturated rings. The van der Waals surface area contributed by atoms with Gasteiger partial charge in [-0.15, -0.1) is 0 Å². The van der Waals surface area contributed by atoms with Crippen LogP contribution in [0.5, 0.6) is 0 Å². The third-order valence-electron chi connectivity index (χ3n) is 2.67. The molecule has 0 spiro atoms. The molecule has 1 heterocycles. The Bertz CT molecular complexity index is 606. The van der Waals surface area contributed by atoms with Gasteiger partial charge in [0.25, 0.3) is 0 Å². The van der Waals surface area contributed by atoms with E-state index in [1.54, 1.807) is 13.0 Å². The molecule has 1 aromatic heterocycles. The molecular formula is C14H14F3N3. The molecule has 0 aliphatic rings. The van der Waals surface area contributed by atoms with E-state index in [0.717, 1.165) is 25.1 Å². The van der Waals surface area contributed by atoms with Crippen molar-refractivity contribution in [1.82, 2.24) is 9.97 Å². The molecule has 2 aromatic rings. The van der Waals surface area contributed by atoms with Gasteiger partial charge in [-0.1, -0.05) is 6.92 Å². The second-order valence-electron chi connectivity index (χ2n) is 4.37. The van der Waals surface area contributed by atoms with Crippen molar-refractivity contribution in [2.45, 2.75) is 20.3 Å². The molecule has 6 heteroatoms. The van der Waals surface area contributed by atoms with Crippen LogP contribution in [-0.2, 0) is 0 Å². The maximum Gasteiger partial charge on any atom is 0.194 e. The third kappa shape index (κ3) is 3.07. The van der Waals surface area contributed by atoms with Gasteiger partial charge in [-0.05, 0) is 25.5 Å². The van der Waals surface area contributed by atoms with Gasteiger partial charge in [-0.25, -0.2) is 23.1 Å². The number of hydrogen-bond acceptors (Lipinski definition) is 3. The van der Waals surface area contributed by atoms with Crippen LogP contribution in [0.25, 0.3) is 11.3 Å². The van der Waals surface area contributed by atoms with E-state index in [1.165, 1.54) is 0 Å². The van der Waals surface area contributed by atoms with E-state index in [-0.39, 0.29) is 5.56 Å². The topological polar surface area (TPSA) is 37.8 Å². The van der Waals surface area contributed by atoms with Gasteiger partial charge in [0, 0.05) is 18.2 Å². The predicted molar refractivity (Wildman–Crippen MR) is 70.9 cm³/mol. The van der Waals surface area contributed by atoms with E-state index in [9.17, 15) is 13.2 Å². The highest BCUT2D eigenvalue weighted by Crippen LogP contribution is 2.24. The Morgan fingerprint density at radius 3 is 2.30 bits per heavy atom. The zero-order valence-corrected chi connectivity index (χ0v) is 11.2. The fourth-order valence-corrected chi connectivity index (χ4v) is 1.76. The number of rotatable bonds is 4. The molecule has 1 aromatic carbocycles. The summed E-state index contributed by atoms with van der Waals surface area (Å²) in [6, 6.07) is 3.42. The Morgan fingerprint density at radius 1 is 1.05 bits per heavy atom. The summed E-state index contributed by atoms with van der Waals surface area (Å²) >= 11 is 0. The molecule has 2 rings (SSSR count). The molecule has 0 bridgehead atoms. The van der Waals surface area contributed by atoms with Gasteiger partial charge in [0.15, 0.2) is 17.5 Å². The normalized spacial score (nSPS) is 10.7. The largest absolute Gasteiger partial charge is 0.370 e. The maximum atomic E-state index is 13.3. The van der Waals surface area contributed by atoms with Gasteiger partial charge in [0.2, 0.25) is 0 Å². The van der Waals surface area contributed by atoms with Crippen molar-refractivity contribution in [2.75, 3.05) is 11.9 Å². The summed E-state index contributed by atoms with van der Waals surface area (Å²) in [6.07, 6.45) is 0.915. The molecule has 0 atom stereocenters. The van der Waals surface area contributed by atoms with Crippen molar-refractivity contribution in [3.05, 3.63) is 41.5 Å². The predicted octanol–water partition coefficient (Wildman–Crippen LogP) is 3.69. The van der Waals surface area contributed by atoms with Crippen LogP contribution in [0.4, 0.5) is 19.0 Å². The minimum Gasteiger partial charge on any atom is -0.370 e. The first kappa shape index (κ1) is 14.3. The molecular weight excluding hydrogens is 267 g/mol. The van der Waals surface area contributed by atoms with Crippen LogP contribution >= 0.6 is 0 Å². The molecule has 20 heavy (non-hydrogen) atoms. The highest BCUT2D eigenvalue weighted by Gasteiger charge is 2.13. The Morgan fingerprint density at radius 2 is 1.70 bits per heavy atom. The Hall–Kier alpha value is -2.11. The lowest BCUT2D eigenvalue weighted by molar-refractivity contribution is 0.447. The summed E-state index contributed by atoms with van der Waals surface area (Å²) in [4.78, 5) is 8.29. The SMILES string of the molecule is CCCNc1cc(-c2cc(F)c(F)c(F)c2)nc(C)n1. The molecule has 3 nitrogen and oxygen atoms in total. The first-order valence-corrected chi connectivity index (χ1v) is 6.25. The highest BCUT2D eigenvalue weighted by molar-refractivity contribution is 5.62. The van der Waals surface area contributed by atoms with Crippen LogP contribution in [0.2, 0.25) is 0 Å². The van der Waals surface area contributed by atoms with Crippen LogP contribution in [0.15, 0.2) is 18.2 Å². The first-order valence-electron chi connectivity index (χ1n) is 6.25. The fourth-order valence-electron chi connectivity index (χ4n) is 1.76. The molecule has 0 aliphatic carbocycles. The summed E-state index contributed by atoms with van der Waals surface area (Å²) in [5.41, 5.74) is 0.514. The number of hydrogen-bond donors (Lipinski definition) is 1. The second-order valence-corrected chi connectivity index (χ2v) is 4.37. The van der Waals surface area contributed by atoms with E-state index in [1.807, 2.05) is 6.92 Å². The van der Waals surface area contributed by atoms with Crippen LogP contribution < -0.4 is 5.32 Å². The maximum absolute atomic E-state index is 13.3. The van der Waals surface area contributed by atoms with E-state index >= 15 is 0 Å². The molecule has 0 amide bonds. The van der Waals surface area contributed by atoms with Gasteiger partial charge in [-0.3, -0.25) is 0 Å². The van der Waals surface area contributed by atoms with Gasteiger partial charge >= 0.3 is 0 Å². The monoisotopic (exact) mass is 281 g/mol. The molecule has 106 valence electrons. The van der Waals surface area contributed by atoms with Crippen molar-refractivity contribution in [3.63, 3.8) is 0 Å². The van der Waals surface area contributed by atoms with Gasteiger partial charge in [-0.2, -0.15) is 0 Å². The fraction of sp³-hybridized carbons (Fsp3) is 0.286. The Balaban J connectivity index is 2.44. The number of nitrogens with one attached hydrogen (secondary N) is 1. The molecule has 0 saturated carbocycles. The minimum absolute atomic E-state index is 0.173. The highest BCUT2D eigenvalue weighted by atomic mass is 19.2. The van der Waals surface area contributed by atoms with Crippen molar-refractivity contribution >= 4 is 5.82 Å². The van der Waals surface area contributed by atoms with Crippen molar-refractivity contribution in [2.24, 2.45) is 0 Å². The molecule has 1 N–H and O–H groups in total. The number of benzene rings is 1. The summed E-state index contributed by atoms with van der Waals surface area (Å²) in [5.74, 6) is -2.92. The van der Waals surface area contributed by atoms with Crippen LogP contribution in [0, 0.1) is 24.4 Å². The van der Waals surface area contributed by atoms with Crippen LogP contribution in [0.3, 0.4) is 0 Å². The lowest BCUT2D eigenvalue weighted by atomic mass is 10.1. The van der Waals surface area contributed by atoms with E-state index in [0.29, 0.717) is 17.3 Å². The first-order chi connectivity index (χ1) is 9.51. The van der Waals surface area contributed by atoms with Gasteiger partial charge < -0.3 is 5.32 Å². The summed E-state index contributed by atoms with van der Waals surface area (Å²) in [6.45, 7) is 4.41. The lowest BCUT2D eigenvalue weighted by Gasteiger charge is -2.08. The Kier molecular flexibility index (Phi) is 4.22. The van der Waals surface area contributed by atoms with Crippen LogP contribution in [-0.4, -0.2) is 16.5 Å². The summed E-state index contributed by atoms with van der Waals surface area (Å²) in [7, 11) is 0. The second kappa shape index (κ2) is 5.90. The Labute approximate surface area is 114 Å². The molecule has 0 radical (unpaired) electrons. The number of anilines is 1. The zero-order chi connectivity index (χ0) is 14.7. The number of aryl methyl sites for hydroxylation is 1. The van der Waals surface area contributed by atoms with Crippen LogP contribution in [0.1, 0.15) is 19.2 Å². The standard InChI is InChI=1S/C14H14F3N3/c1-3-4-18-13-7-12(19-8(2)20-13)9-5-10(15)14(17)11(16)6-9/h5-7H,3-4H2,1-2H3,(H,18,19,20). The third-order valence-corrected chi connectivity index (χ3v) is 2.67. The molecule has 0 saturated heterocycles. The van der Waals surface area contributed by atoms with E-state index in [2.05, 4.69) is 15.3 Å². The number of aromatic nitrogens is 2. The van der Waals surface area contributed by atoms with Crippen molar-refractivity contribution in [3.8, 4) is 11.3 Å². The van der Waals surface area contributed by atoms with Crippen molar-refractivity contribution in [1.29, 1.82) is 0 Å².